The number of aromatic amines is 1. The minimum Gasteiger partial charge on any atom is -0.361 e. The number of benzene rings is 1. The summed E-state index contributed by atoms with van der Waals surface area (Å²) in [6.45, 7) is 6.68. The Morgan fingerprint density at radius 1 is 1.23 bits per heavy atom. The van der Waals surface area contributed by atoms with E-state index in [0.717, 1.165) is 44.7 Å². The molecule has 31 heavy (non-hydrogen) atoms. The van der Waals surface area contributed by atoms with Crippen LogP contribution in [0.25, 0.3) is 10.9 Å². The molecule has 174 valence electrons. The third-order valence-electron chi connectivity index (χ3n) is 5.54. The molecule has 0 bridgehead atoms. The number of nitrogens with one attached hydrogen (secondary N) is 3. The predicted octanol–water partition coefficient (Wildman–Crippen LogP) is 3.48. The van der Waals surface area contributed by atoms with Crippen LogP contribution in [0.4, 0.5) is 0 Å². The number of hydrogen-bond donors (Lipinski definition) is 3. The summed E-state index contributed by atoms with van der Waals surface area (Å²) in [7, 11) is -3.09. The topological polar surface area (TPSA) is 89.6 Å². The molecular formula is C22H36IN5O2S. The highest BCUT2D eigenvalue weighted by atomic mass is 127. The van der Waals surface area contributed by atoms with Gasteiger partial charge in [-0.2, -0.15) is 0 Å². The number of aromatic nitrogens is 1. The first kappa shape index (κ1) is 25.9. The van der Waals surface area contributed by atoms with Crippen LogP contribution in [0.3, 0.4) is 0 Å². The van der Waals surface area contributed by atoms with Gasteiger partial charge in [0.25, 0.3) is 0 Å². The highest BCUT2D eigenvalue weighted by Crippen LogP contribution is 2.19. The van der Waals surface area contributed by atoms with Crippen molar-refractivity contribution in [1.29, 1.82) is 0 Å². The fourth-order valence-electron chi connectivity index (χ4n) is 3.98. The molecular weight excluding hydrogens is 525 g/mol. The molecule has 7 nitrogen and oxygen atoms in total. The first-order valence-corrected chi connectivity index (χ1v) is 12.7. The lowest BCUT2D eigenvalue weighted by Gasteiger charge is -2.32. The Bertz CT molecular complexity index is 936. The van der Waals surface area contributed by atoms with E-state index in [1.807, 2.05) is 13.0 Å². The van der Waals surface area contributed by atoms with E-state index in [1.54, 1.807) is 4.31 Å². The van der Waals surface area contributed by atoms with Crippen molar-refractivity contribution in [3.05, 3.63) is 36.0 Å². The van der Waals surface area contributed by atoms with Crippen molar-refractivity contribution < 1.29 is 8.42 Å². The molecule has 1 aliphatic heterocycles. The summed E-state index contributed by atoms with van der Waals surface area (Å²) in [5.74, 6) is 1.07. The van der Waals surface area contributed by atoms with E-state index in [2.05, 4.69) is 46.9 Å². The second kappa shape index (κ2) is 12.6. The molecule has 0 aliphatic carbocycles. The third-order valence-corrected chi connectivity index (χ3v) is 7.62. The lowest BCUT2D eigenvalue weighted by atomic mass is 10.1. The Kier molecular flexibility index (Phi) is 10.6. The van der Waals surface area contributed by atoms with Gasteiger partial charge in [-0.3, -0.25) is 4.99 Å². The van der Waals surface area contributed by atoms with Crippen LogP contribution in [0.2, 0.25) is 0 Å². The van der Waals surface area contributed by atoms with Crippen LogP contribution in [-0.4, -0.2) is 61.6 Å². The van der Waals surface area contributed by atoms with Gasteiger partial charge in [0.15, 0.2) is 5.96 Å². The second-order valence-electron chi connectivity index (χ2n) is 7.86. The Morgan fingerprint density at radius 2 is 1.97 bits per heavy atom. The number of para-hydroxylation sites is 1. The maximum atomic E-state index is 12.2. The van der Waals surface area contributed by atoms with Gasteiger partial charge in [0, 0.05) is 49.3 Å². The number of guanidine groups is 1. The molecule has 0 spiro atoms. The van der Waals surface area contributed by atoms with E-state index >= 15 is 0 Å². The van der Waals surface area contributed by atoms with Crippen LogP contribution < -0.4 is 10.6 Å². The fourth-order valence-corrected chi connectivity index (χ4v) is 5.52. The van der Waals surface area contributed by atoms with Crippen LogP contribution in [0.15, 0.2) is 35.5 Å². The molecule has 2 aromatic rings. The van der Waals surface area contributed by atoms with Crippen molar-refractivity contribution in [3.63, 3.8) is 0 Å². The Hall–Kier alpha value is -1.33. The first-order chi connectivity index (χ1) is 14.5. The molecule has 9 heteroatoms. The average molecular weight is 562 g/mol. The number of H-pyrrole nitrogens is 1. The van der Waals surface area contributed by atoms with Crippen LogP contribution >= 0.6 is 24.0 Å². The molecule has 2 heterocycles. The van der Waals surface area contributed by atoms with Gasteiger partial charge in [-0.15, -0.1) is 24.0 Å². The van der Waals surface area contributed by atoms with E-state index in [1.165, 1.54) is 16.5 Å². The number of aliphatic imine (C=N–C) groups is 1. The number of aryl methyl sites for hydroxylation is 1. The number of piperidine rings is 1. The summed E-state index contributed by atoms with van der Waals surface area (Å²) in [5.41, 5.74) is 2.51. The maximum Gasteiger partial charge on any atom is 0.214 e. The fraction of sp³-hybridized carbons (Fsp3) is 0.591. The number of rotatable bonds is 9. The molecule has 3 rings (SSSR count). The van der Waals surface area contributed by atoms with Gasteiger partial charge < -0.3 is 15.6 Å². The Balaban J connectivity index is 0.00000341. The van der Waals surface area contributed by atoms with E-state index < -0.39 is 10.0 Å². The van der Waals surface area contributed by atoms with E-state index in [9.17, 15) is 8.42 Å². The van der Waals surface area contributed by atoms with E-state index in [0.29, 0.717) is 19.5 Å². The first-order valence-electron chi connectivity index (χ1n) is 11.1. The Morgan fingerprint density at radius 3 is 2.68 bits per heavy atom. The molecule has 1 fully saturated rings. The zero-order valence-electron chi connectivity index (χ0n) is 18.6. The molecule has 1 aromatic carbocycles. The SMILES string of the molecule is CCCS(=O)(=O)N1CCC(NC(=NCCCc2c[nH]c3ccccc23)NCC)CC1.I. The summed E-state index contributed by atoms with van der Waals surface area (Å²) < 4.78 is 26.1. The van der Waals surface area contributed by atoms with Crippen molar-refractivity contribution in [2.75, 3.05) is 31.9 Å². The molecule has 0 saturated carbocycles. The number of nitrogens with zero attached hydrogens (tertiary/aromatic N) is 2. The molecule has 0 radical (unpaired) electrons. The minimum absolute atomic E-state index is 0. The van der Waals surface area contributed by atoms with Crippen LogP contribution in [0, 0.1) is 0 Å². The molecule has 1 aliphatic rings. The largest absolute Gasteiger partial charge is 0.361 e. The number of halogens is 1. The number of fused-ring (bicyclic) bond motifs is 1. The summed E-state index contributed by atoms with van der Waals surface area (Å²) in [5, 5.41) is 8.10. The lowest BCUT2D eigenvalue weighted by molar-refractivity contribution is 0.306. The highest BCUT2D eigenvalue weighted by molar-refractivity contribution is 14.0. The summed E-state index contributed by atoms with van der Waals surface area (Å²) in [6.07, 6.45) is 6.34. The molecule has 1 aromatic heterocycles. The smallest absolute Gasteiger partial charge is 0.214 e. The van der Waals surface area contributed by atoms with Gasteiger partial charge in [-0.1, -0.05) is 25.1 Å². The van der Waals surface area contributed by atoms with Crippen molar-refractivity contribution in [1.82, 2.24) is 19.9 Å². The second-order valence-corrected chi connectivity index (χ2v) is 9.95. The van der Waals surface area contributed by atoms with Crippen LogP contribution in [0.1, 0.15) is 45.1 Å². The average Bonchev–Trinajstić information content (AvgIpc) is 3.15. The predicted molar refractivity (Wildman–Crippen MR) is 140 cm³/mol. The monoisotopic (exact) mass is 561 g/mol. The van der Waals surface area contributed by atoms with Crippen molar-refractivity contribution in [3.8, 4) is 0 Å². The number of hydrogen-bond acceptors (Lipinski definition) is 3. The zero-order valence-corrected chi connectivity index (χ0v) is 21.7. The maximum absolute atomic E-state index is 12.2. The minimum atomic E-state index is -3.09. The molecule has 0 amide bonds. The van der Waals surface area contributed by atoms with Crippen molar-refractivity contribution >= 4 is 50.9 Å². The van der Waals surface area contributed by atoms with Gasteiger partial charge in [-0.05, 0) is 50.7 Å². The summed E-state index contributed by atoms with van der Waals surface area (Å²) >= 11 is 0. The summed E-state index contributed by atoms with van der Waals surface area (Å²) in [6, 6.07) is 8.63. The normalized spacial score (nSPS) is 16.3. The van der Waals surface area contributed by atoms with Gasteiger partial charge in [0.2, 0.25) is 10.0 Å². The van der Waals surface area contributed by atoms with Gasteiger partial charge in [-0.25, -0.2) is 12.7 Å². The van der Waals surface area contributed by atoms with Gasteiger partial charge >= 0.3 is 0 Å². The third kappa shape index (κ3) is 7.35. The molecule has 0 unspecified atom stereocenters. The van der Waals surface area contributed by atoms with E-state index in [4.69, 9.17) is 4.99 Å². The van der Waals surface area contributed by atoms with Crippen LogP contribution in [0.5, 0.6) is 0 Å². The zero-order chi connectivity index (χ0) is 21.4. The standard InChI is InChI=1S/C22H35N5O2S.HI/c1-3-16-30(28,29)27-14-11-19(12-15-27)26-22(23-4-2)24-13-7-8-18-17-25-21-10-6-5-9-20(18)21;/h5-6,9-10,17,19,25H,3-4,7-8,11-16H2,1-2H3,(H2,23,24,26);1H. The summed E-state index contributed by atoms with van der Waals surface area (Å²) in [4.78, 5) is 8.06. The highest BCUT2D eigenvalue weighted by Gasteiger charge is 2.27. The van der Waals surface area contributed by atoms with Crippen LogP contribution in [-0.2, 0) is 16.4 Å². The van der Waals surface area contributed by atoms with Crippen molar-refractivity contribution in [2.24, 2.45) is 4.99 Å². The Labute approximate surface area is 203 Å². The van der Waals surface area contributed by atoms with Gasteiger partial charge in [0.05, 0.1) is 5.75 Å². The molecule has 3 N–H and O–H groups in total. The molecule has 0 atom stereocenters. The molecule has 1 saturated heterocycles. The van der Waals surface area contributed by atoms with E-state index in [-0.39, 0.29) is 35.8 Å². The van der Waals surface area contributed by atoms with Gasteiger partial charge in [0.1, 0.15) is 0 Å². The van der Waals surface area contributed by atoms with Crippen molar-refractivity contribution in [2.45, 2.75) is 52.0 Å². The lowest BCUT2D eigenvalue weighted by Crippen LogP contribution is -2.50. The number of sulfonamides is 1. The quantitative estimate of drug-likeness (QED) is 0.189.